The van der Waals surface area contributed by atoms with Gasteiger partial charge in [-0.3, -0.25) is 0 Å². The molecule has 2 aromatic rings. The van der Waals surface area contributed by atoms with Gasteiger partial charge in [0.05, 0.1) is 17.1 Å². The molecule has 2 nitrogen and oxygen atoms in total. The quantitative estimate of drug-likeness (QED) is 0.916. The maximum absolute atomic E-state index is 10.0. The Kier molecular flexibility index (Phi) is 3.11. The molecule has 1 saturated carbocycles. The van der Waals surface area contributed by atoms with E-state index in [1.165, 1.54) is 0 Å². The lowest BCUT2D eigenvalue weighted by Gasteiger charge is -2.18. The molecule has 21 heavy (non-hydrogen) atoms. The Hall–Kier alpha value is -2.11. The fraction of sp³-hybridized carbons (Fsp3) is 0.316. The third-order valence-electron chi connectivity index (χ3n) is 4.30. The van der Waals surface area contributed by atoms with Crippen molar-refractivity contribution >= 4 is 0 Å². The highest BCUT2D eigenvalue weighted by Gasteiger charge is 2.44. The molecule has 0 aliphatic heterocycles. The van der Waals surface area contributed by atoms with Gasteiger partial charge in [0, 0.05) is 0 Å². The Bertz CT molecular complexity index is 698. The molecule has 2 heteroatoms. The van der Waals surface area contributed by atoms with Crippen LogP contribution in [0.25, 0.3) is 11.1 Å². The molecule has 1 N–H and O–H groups in total. The van der Waals surface area contributed by atoms with Gasteiger partial charge in [0.15, 0.2) is 0 Å². The Morgan fingerprint density at radius 3 is 2.24 bits per heavy atom. The monoisotopic (exact) mass is 277 g/mol. The minimum atomic E-state index is -0.820. The molecule has 1 fully saturated rings. The molecule has 0 aromatic heterocycles. The summed E-state index contributed by atoms with van der Waals surface area (Å²) in [7, 11) is 0. The Labute approximate surface area is 125 Å². The van der Waals surface area contributed by atoms with E-state index >= 15 is 0 Å². The molecular weight excluding hydrogens is 258 g/mol. The zero-order valence-electron chi connectivity index (χ0n) is 12.4. The Balaban J connectivity index is 1.95. The molecule has 0 bridgehead atoms. The third-order valence-corrected chi connectivity index (χ3v) is 4.30. The van der Waals surface area contributed by atoms with Gasteiger partial charge in [-0.15, -0.1) is 0 Å². The molecular formula is C19H19NO. The lowest BCUT2D eigenvalue weighted by molar-refractivity contribution is 0.0786. The summed E-state index contributed by atoms with van der Waals surface area (Å²) in [4.78, 5) is 0. The number of hydrogen-bond acceptors (Lipinski definition) is 2. The molecule has 1 aliphatic rings. The summed E-state index contributed by atoms with van der Waals surface area (Å²) in [6.45, 7) is 3.57. The number of nitrogens with zero attached hydrogens (tertiary/aromatic N) is 1. The van der Waals surface area contributed by atoms with Crippen molar-refractivity contribution in [3.63, 3.8) is 0 Å². The maximum atomic E-state index is 10.0. The van der Waals surface area contributed by atoms with E-state index in [2.05, 4.69) is 18.2 Å². The van der Waals surface area contributed by atoms with Crippen LogP contribution in [0.5, 0.6) is 0 Å². The van der Waals surface area contributed by atoms with E-state index in [4.69, 9.17) is 0 Å². The minimum absolute atomic E-state index is 0.247. The zero-order chi connectivity index (χ0) is 15.1. The van der Waals surface area contributed by atoms with Crippen LogP contribution in [-0.4, -0.2) is 5.11 Å². The molecule has 106 valence electrons. The van der Waals surface area contributed by atoms with Crippen LogP contribution in [0.1, 0.15) is 37.8 Å². The van der Waals surface area contributed by atoms with Gasteiger partial charge in [-0.1, -0.05) is 42.5 Å². The lowest BCUT2D eigenvalue weighted by Crippen LogP contribution is -2.14. The van der Waals surface area contributed by atoms with E-state index in [-0.39, 0.29) is 5.41 Å². The normalized spacial score (nSPS) is 16.3. The van der Waals surface area contributed by atoms with Crippen molar-refractivity contribution in [3.05, 3.63) is 59.7 Å². The molecule has 0 atom stereocenters. The highest BCUT2D eigenvalue weighted by molar-refractivity contribution is 5.65. The van der Waals surface area contributed by atoms with E-state index in [1.807, 2.05) is 36.4 Å². The number of aliphatic hydroxyl groups is 1. The van der Waals surface area contributed by atoms with Crippen molar-refractivity contribution in [2.75, 3.05) is 0 Å². The van der Waals surface area contributed by atoms with E-state index in [1.54, 1.807) is 13.8 Å². The molecule has 0 saturated heterocycles. The van der Waals surface area contributed by atoms with Gasteiger partial charge in [0.1, 0.15) is 0 Å². The zero-order valence-corrected chi connectivity index (χ0v) is 12.4. The summed E-state index contributed by atoms with van der Waals surface area (Å²) in [6, 6.07) is 18.7. The summed E-state index contributed by atoms with van der Waals surface area (Å²) in [5.74, 6) is 0. The van der Waals surface area contributed by atoms with Crippen molar-refractivity contribution in [2.24, 2.45) is 0 Å². The maximum Gasteiger partial charge on any atom is 0.0840 e. The summed E-state index contributed by atoms with van der Waals surface area (Å²) >= 11 is 0. The van der Waals surface area contributed by atoms with Crippen LogP contribution >= 0.6 is 0 Å². The molecule has 2 aromatic carbocycles. The van der Waals surface area contributed by atoms with Crippen LogP contribution in [0.4, 0.5) is 0 Å². The highest BCUT2D eigenvalue weighted by atomic mass is 16.3. The van der Waals surface area contributed by atoms with Crippen LogP contribution in [0.3, 0.4) is 0 Å². The van der Waals surface area contributed by atoms with Crippen LogP contribution in [0.15, 0.2) is 48.5 Å². The van der Waals surface area contributed by atoms with E-state index in [9.17, 15) is 10.4 Å². The summed E-state index contributed by atoms with van der Waals surface area (Å²) < 4.78 is 0. The van der Waals surface area contributed by atoms with Crippen molar-refractivity contribution < 1.29 is 5.11 Å². The SMILES string of the molecule is CC(C)(O)c1ccc(-c2cccc(C3(C#N)CC3)c2)cc1. The van der Waals surface area contributed by atoms with Crippen molar-refractivity contribution in [3.8, 4) is 17.2 Å². The molecule has 0 amide bonds. The average molecular weight is 277 g/mol. The van der Waals surface area contributed by atoms with Gasteiger partial charge in [0.25, 0.3) is 0 Å². The first-order valence-corrected chi connectivity index (χ1v) is 7.30. The predicted octanol–water partition coefficient (Wildman–Crippen LogP) is 4.14. The lowest BCUT2D eigenvalue weighted by atomic mass is 9.92. The molecule has 0 unspecified atom stereocenters. The summed E-state index contributed by atoms with van der Waals surface area (Å²) in [5.41, 5.74) is 3.18. The number of hydrogen-bond donors (Lipinski definition) is 1. The number of rotatable bonds is 3. The predicted molar refractivity (Wildman–Crippen MR) is 83.6 cm³/mol. The second-order valence-corrected chi connectivity index (χ2v) is 6.41. The van der Waals surface area contributed by atoms with Crippen molar-refractivity contribution in [2.45, 2.75) is 37.7 Å². The second kappa shape index (κ2) is 4.72. The summed E-state index contributed by atoms with van der Waals surface area (Å²) in [5, 5.41) is 19.3. The fourth-order valence-electron chi connectivity index (χ4n) is 2.66. The van der Waals surface area contributed by atoms with Gasteiger partial charge in [-0.25, -0.2) is 0 Å². The molecule has 0 heterocycles. The highest BCUT2D eigenvalue weighted by Crippen LogP contribution is 2.48. The number of benzene rings is 2. The first kappa shape index (κ1) is 13.9. The molecule has 0 radical (unpaired) electrons. The number of nitriles is 1. The van der Waals surface area contributed by atoms with Crippen LogP contribution in [-0.2, 0) is 11.0 Å². The van der Waals surface area contributed by atoms with Gasteiger partial charge >= 0.3 is 0 Å². The van der Waals surface area contributed by atoms with Gasteiger partial charge in [-0.2, -0.15) is 5.26 Å². The average Bonchev–Trinajstić information content (AvgIpc) is 3.28. The Morgan fingerprint density at radius 1 is 1.05 bits per heavy atom. The molecule has 0 spiro atoms. The van der Waals surface area contributed by atoms with Gasteiger partial charge in [-0.05, 0) is 55.0 Å². The minimum Gasteiger partial charge on any atom is -0.386 e. The topological polar surface area (TPSA) is 44.0 Å². The van der Waals surface area contributed by atoms with Gasteiger partial charge in [0.2, 0.25) is 0 Å². The second-order valence-electron chi connectivity index (χ2n) is 6.41. The van der Waals surface area contributed by atoms with E-state index < -0.39 is 5.60 Å². The first-order valence-electron chi connectivity index (χ1n) is 7.30. The summed E-state index contributed by atoms with van der Waals surface area (Å²) in [6.07, 6.45) is 1.93. The Morgan fingerprint density at radius 2 is 1.71 bits per heavy atom. The molecule has 1 aliphatic carbocycles. The third kappa shape index (κ3) is 2.57. The first-order chi connectivity index (χ1) is 9.94. The fourth-order valence-corrected chi connectivity index (χ4v) is 2.66. The smallest absolute Gasteiger partial charge is 0.0840 e. The van der Waals surface area contributed by atoms with E-state index in [0.717, 1.165) is 35.1 Å². The van der Waals surface area contributed by atoms with Crippen molar-refractivity contribution in [1.29, 1.82) is 5.26 Å². The van der Waals surface area contributed by atoms with Crippen LogP contribution in [0, 0.1) is 11.3 Å². The molecule has 3 rings (SSSR count). The largest absolute Gasteiger partial charge is 0.386 e. The van der Waals surface area contributed by atoms with Gasteiger partial charge < -0.3 is 5.11 Å². The standard InChI is InChI=1S/C19H19NO/c1-18(2,21)16-8-6-14(7-9-16)15-4-3-5-17(12-15)19(13-20)10-11-19/h3-9,12,21H,10-11H2,1-2H3. The van der Waals surface area contributed by atoms with Crippen LogP contribution in [0.2, 0.25) is 0 Å². The van der Waals surface area contributed by atoms with Crippen molar-refractivity contribution in [1.82, 2.24) is 0 Å². The van der Waals surface area contributed by atoms with E-state index in [0.29, 0.717) is 0 Å². The van der Waals surface area contributed by atoms with Crippen LogP contribution < -0.4 is 0 Å².